The van der Waals surface area contributed by atoms with Gasteiger partial charge in [0.15, 0.2) is 24.5 Å². The van der Waals surface area contributed by atoms with Gasteiger partial charge in [0, 0.05) is 52.4 Å². The van der Waals surface area contributed by atoms with E-state index < -0.39 is 33.4 Å². The van der Waals surface area contributed by atoms with E-state index in [4.69, 9.17) is 9.84 Å². The maximum atomic E-state index is 12.8. The Bertz CT molecular complexity index is 3420. The molecular formula is C59H65F9N4O5S4. The number of hydrogen-bond donors (Lipinski definition) is 0. The summed E-state index contributed by atoms with van der Waals surface area (Å²) in [7, 11) is -5.94. The number of thioether (sulfide) groups is 2. The first-order valence-corrected chi connectivity index (χ1v) is 30.6. The number of aromatic nitrogens is 2. The molecule has 3 aliphatic rings. The zero-order valence-corrected chi connectivity index (χ0v) is 49.4. The van der Waals surface area contributed by atoms with Crippen LogP contribution in [0.15, 0.2) is 128 Å². The number of hydrogen-bond acceptors (Lipinski definition) is 11. The van der Waals surface area contributed by atoms with Gasteiger partial charge in [-0.15, -0.1) is 10.2 Å². The van der Waals surface area contributed by atoms with Crippen LogP contribution in [0.1, 0.15) is 124 Å². The third-order valence-electron chi connectivity index (χ3n) is 14.9. The molecule has 0 amide bonds. The summed E-state index contributed by atoms with van der Waals surface area (Å²) in [6.45, 7) is 18.3. The predicted molar refractivity (Wildman–Crippen MR) is 305 cm³/mol. The summed E-state index contributed by atoms with van der Waals surface area (Å²) in [6, 6.07) is 27.0. The van der Waals surface area contributed by atoms with Gasteiger partial charge < -0.3 is 14.2 Å². The summed E-state index contributed by atoms with van der Waals surface area (Å²) >= 11 is 4.82. The second-order valence-corrected chi connectivity index (χ2v) is 26.2. The molecule has 5 aromatic rings. The highest BCUT2D eigenvalue weighted by Crippen LogP contribution is 2.55. The molecule has 0 saturated carbocycles. The van der Waals surface area contributed by atoms with E-state index in [1.165, 1.54) is 90.4 Å². The molecule has 3 heterocycles. The number of halogens is 9. The number of rotatable bonds is 20. The van der Waals surface area contributed by atoms with Gasteiger partial charge in [-0.3, -0.25) is 4.79 Å². The van der Waals surface area contributed by atoms with E-state index in [0.29, 0.717) is 0 Å². The Kier molecular flexibility index (Phi) is 19.5. The van der Waals surface area contributed by atoms with E-state index in [1.54, 1.807) is 23.1 Å². The van der Waals surface area contributed by atoms with Crippen molar-refractivity contribution in [2.24, 2.45) is 0 Å². The lowest BCUT2D eigenvalue weighted by atomic mass is 9.78. The van der Waals surface area contributed by atoms with Crippen LogP contribution in [0.2, 0.25) is 0 Å². The SMILES string of the molecule is CCCCC(Sc1nnc(SC2=C(/C=C/C3=[N+](CCCC)c4ccc5ccccc5c4C3(C)C)CCC/C2=C\C=C2\N(CCCC)c3ccc4ccccc4c3C2(C)C)s1)C(=O)OC.O=S(=O)([O-])C(F)(F)C(F)(F)C(F)(F)C(F)(F)F. The smallest absolute Gasteiger partial charge is 0.460 e. The van der Waals surface area contributed by atoms with Crippen molar-refractivity contribution in [3.05, 3.63) is 130 Å². The third kappa shape index (κ3) is 12.6. The average Bonchev–Trinajstić information content (AvgIpc) is 2.55. The van der Waals surface area contributed by atoms with Crippen molar-refractivity contribution >= 4 is 89.6 Å². The summed E-state index contributed by atoms with van der Waals surface area (Å²) in [5.74, 6) is -15.0. The van der Waals surface area contributed by atoms with Gasteiger partial charge in [0.05, 0.1) is 12.5 Å². The number of benzene rings is 4. The molecule has 81 heavy (non-hydrogen) atoms. The molecule has 8 rings (SSSR count). The molecular weight excluding hydrogens is 1140 g/mol. The number of ether oxygens (including phenoxy) is 1. The van der Waals surface area contributed by atoms with Crippen LogP contribution < -0.4 is 4.90 Å². The fourth-order valence-electron chi connectivity index (χ4n) is 10.7. The molecule has 1 aromatic heterocycles. The quantitative estimate of drug-likeness (QED) is 0.0245. The molecule has 1 atom stereocenters. The summed E-state index contributed by atoms with van der Waals surface area (Å²) in [6.07, 6.45) is 12.9. The lowest BCUT2D eigenvalue weighted by Gasteiger charge is -2.34. The number of nitrogens with zero attached hydrogens (tertiary/aromatic N) is 4. The molecule has 0 radical (unpaired) electrons. The number of allylic oxidation sites excluding steroid dienone is 7. The number of esters is 1. The van der Waals surface area contributed by atoms with Gasteiger partial charge in [-0.05, 0) is 102 Å². The zero-order valence-electron chi connectivity index (χ0n) is 46.2. The minimum Gasteiger partial charge on any atom is -0.743 e. The Morgan fingerprint density at radius 2 is 1.38 bits per heavy atom. The first kappa shape index (κ1) is 63.4. The van der Waals surface area contributed by atoms with E-state index in [-0.39, 0.29) is 22.0 Å². The van der Waals surface area contributed by atoms with Gasteiger partial charge >= 0.3 is 29.2 Å². The number of unbranched alkanes of at least 4 members (excludes halogenated alkanes) is 3. The van der Waals surface area contributed by atoms with Crippen LogP contribution in [0.5, 0.6) is 0 Å². The number of methoxy groups -OCH3 is 1. The molecule has 9 nitrogen and oxygen atoms in total. The fourth-order valence-corrected chi connectivity index (χ4v) is 14.7. The molecule has 0 saturated heterocycles. The number of alkyl halides is 9. The van der Waals surface area contributed by atoms with Crippen molar-refractivity contribution in [3.8, 4) is 0 Å². The van der Waals surface area contributed by atoms with Gasteiger partial charge in [-0.1, -0.05) is 162 Å². The molecule has 2 aliphatic heterocycles. The molecule has 438 valence electrons. The van der Waals surface area contributed by atoms with E-state index in [0.717, 1.165) is 86.0 Å². The van der Waals surface area contributed by atoms with Crippen LogP contribution in [-0.2, 0) is 30.5 Å². The Morgan fingerprint density at radius 1 is 0.778 bits per heavy atom. The van der Waals surface area contributed by atoms with Crippen molar-refractivity contribution in [2.45, 2.75) is 161 Å². The number of fused-ring (bicyclic) bond motifs is 6. The fraction of sp³-hybridized carbons (Fsp3) is 0.458. The molecule has 0 spiro atoms. The van der Waals surface area contributed by atoms with Gasteiger partial charge in [-0.2, -0.15) is 44.1 Å². The van der Waals surface area contributed by atoms with Gasteiger partial charge in [0.1, 0.15) is 11.8 Å². The first-order chi connectivity index (χ1) is 38.0. The van der Waals surface area contributed by atoms with E-state index in [9.17, 15) is 57.3 Å². The van der Waals surface area contributed by atoms with E-state index in [1.807, 2.05) is 0 Å². The third-order valence-corrected chi connectivity index (χ3v) is 19.3. The summed E-state index contributed by atoms with van der Waals surface area (Å²) in [4.78, 5) is 16.7. The Balaban J connectivity index is 0.000000481. The summed E-state index contributed by atoms with van der Waals surface area (Å²) < 4.78 is 145. The highest BCUT2D eigenvalue weighted by molar-refractivity contribution is 8.06. The van der Waals surface area contributed by atoms with Crippen LogP contribution in [0.25, 0.3) is 21.5 Å². The highest BCUT2D eigenvalue weighted by Gasteiger charge is 2.83. The van der Waals surface area contributed by atoms with E-state index in [2.05, 4.69) is 160 Å². The van der Waals surface area contributed by atoms with Crippen molar-refractivity contribution in [1.29, 1.82) is 0 Å². The maximum Gasteiger partial charge on any atom is 0.460 e. The minimum atomic E-state index is -7.43. The lowest BCUT2D eigenvalue weighted by molar-refractivity contribution is -0.438. The van der Waals surface area contributed by atoms with Crippen LogP contribution in [0, 0.1) is 0 Å². The first-order valence-electron chi connectivity index (χ1n) is 26.7. The molecule has 4 aromatic carbocycles. The zero-order chi connectivity index (χ0) is 59.5. The van der Waals surface area contributed by atoms with Gasteiger partial charge in [0.2, 0.25) is 5.69 Å². The molecule has 22 heteroatoms. The largest absolute Gasteiger partial charge is 0.743 e. The summed E-state index contributed by atoms with van der Waals surface area (Å²) in [5.41, 5.74) is 10.5. The Morgan fingerprint density at radius 3 is 1.99 bits per heavy atom. The van der Waals surface area contributed by atoms with Crippen molar-refractivity contribution in [3.63, 3.8) is 0 Å². The standard InChI is InChI=1S/C55H65N4O2S3.C4HF9O3S/c1-9-12-26-45(51(60)61-8)62-52-56-57-53(64-52)63-50-39(29-33-46-54(4,5)48-41-24-17-15-20-37(41)27-31-43(48)58(46)35-13-10-2)22-19-23-40(50)30-34-47-55(6,7)49-42-25-18-16-21-38(42)28-32-44(49)59(47)36-14-11-3;5-1(6,3(9,10)11)2(7,8)4(12,13)17(14,15)16/h15-18,20-21,24-25,27-34,45H,9-14,19,22-23,26,35-36H2,1-8H3;(H,14,15,16)/q+1;/p-1. The second-order valence-electron chi connectivity index (χ2n) is 21.1. The van der Waals surface area contributed by atoms with Crippen LogP contribution in [0.3, 0.4) is 0 Å². The molecule has 1 aliphatic carbocycles. The average molecular weight is 1210 g/mol. The number of carbonyl (C=O) groups excluding carboxylic acids is 1. The van der Waals surface area contributed by atoms with Gasteiger partial charge in [0.25, 0.3) is 0 Å². The van der Waals surface area contributed by atoms with Crippen LogP contribution in [0.4, 0.5) is 50.9 Å². The maximum absolute atomic E-state index is 12.8. The van der Waals surface area contributed by atoms with Crippen LogP contribution >= 0.6 is 34.9 Å². The van der Waals surface area contributed by atoms with Crippen LogP contribution in [-0.4, -0.2) is 88.1 Å². The number of carbonyl (C=O) groups is 1. The minimum absolute atomic E-state index is 0.180. The normalized spacial score (nSPS) is 18.1. The monoisotopic (exact) mass is 1210 g/mol. The van der Waals surface area contributed by atoms with Crippen molar-refractivity contribution < 1.29 is 66.6 Å². The molecule has 0 fully saturated rings. The summed E-state index contributed by atoms with van der Waals surface area (Å²) in [5, 5.41) is 7.26. The number of anilines is 1. The van der Waals surface area contributed by atoms with Crippen molar-refractivity contribution in [2.75, 3.05) is 25.1 Å². The lowest BCUT2D eigenvalue weighted by Crippen LogP contribution is -2.63. The Labute approximate surface area is 479 Å². The predicted octanol–water partition coefficient (Wildman–Crippen LogP) is 17.0. The van der Waals surface area contributed by atoms with Crippen molar-refractivity contribution in [1.82, 2.24) is 10.2 Å². The molecule has 0 bridgehead atoms. The topological polar surface area (TPSA) is 116 Å². The molecule has 1 unspecified atom stereocenters. The highest BCUT2D eigenvalue weighted by atomic mass is 32.2. The Hall–Kier alpha value is -5.16. The van der Waals surface area contributed by atoms with E-state index >= 15 is 0 Å². The molecule has 0 N–H and O–H groups in total. The second kappa shape index (κ2) is 25.0. The van der Waals surface area contributed by atoms with Gasteiger partial charge in [-0.25, -0.2) is 8.42 Å².